The standard InChI is InChI=1S/C28H17BrF6N2O2S/c29-23-13-12-22(40-23)17-6-11-21-20(15-17)25(38)37(24(36-21)14-16-4-2-1-3-5-16)19-9-7-18(8-10-19)26(39,27(30,31)32)28(33,34)35/h1-13,15,39H,14H2. The highest BCUT2D eigenvalue weighted by molar-refractivity contribution is 9.11. The molecule has 0 amide bonds. The van der Waals surface area contributed by atoms with E-state index in [1.54, 1.807) is 42.5 Å². The Labute approximate surface area is 235 Å². The molecule has 0 radical (unpaired) electrons. The molecule has 2 heterocycles. The average Bonchev–Trinajstić information content (AvgIpc) is 3.34. The summed E-state index contributed by atoms with van der Waals surface area (Å²) < 4.78 is 82.4. The van der Waals surface area contributed by atoms with E-state index in [1.807, 2.05) is 18.2 Å². The van der Waals surface area contributed by atoms with Gasteiger partial charge in [-0.3, -0.25) is 9.36 Å². The highest BCUT2D eigenvalue weighted by atomic mass is 79.9. The number of thiophene rings is 1. The van der Waals surface area contributed by atoms with Crippen molar-refractivity contribution in [1.29, 1.82) is 0 Å². The van der Waals surface area contributed by atoms with Crippen LogP contribution in [0.4, 0.5) is 26.3 Å². The molecule has 0 saturated heterocycles. The van der Waals surface area contributed by atoms with E-state index < -0.39 is 29.1 Å². The van der Waals surface area contributed by atoms with E-state index >= 15 is 0 Å². The van der Waals surface area contributed by atoms with E-state index in [9.17, 15) is 36.2 Å². The molecule has 206 valence electrons. The van der Waals surface area contributed by atoms with Crippen molar-refractivity contribution in [3.8, 4) is 16.1 Å². The molecule has 12 heteroatoms. The Morgan fingerprint density at radius 1 is 0.850 bits per heavy atom. The van der Waals surface area contributed by atoms with Gasteiger partial charge in [-0.05, 0) is 63.5 Å². The summed E-state index contributed by atoms with van der Waals surface area (Å²) in [6.45, 7) is 0. The molecule has 1 N–H and O–H groups in total. The number of nitrogens with zero attached hydrogens (tertiary/aromatic N) is 2. The first-order valence-corrected chi connectivity index (χ1v) is 13.2. The van der Waals surface area contributed by atoms with Gasteiger partial charge in [-0.1, -0.05) is 48.5 Å². The number of halogens is 7. The fourth-order valence-corrected chi connectivity index (χ4v) is 5.74. The van der Waals surface area contributed by atoms with E-state index in [1.165, 1.54) is 11.3 Å². The lowest BCUT2D eigenvalue weighted by molar-refractivity contribution is -0.376. The Hall–Kier alpha value is -3.48. The smallest absolute Gasteiger partial charge is 0.369 e. The molecule has 0 atom stereocenters. The van der Waals surface area contributed by atoms with E-state index in [0.29, 0.717) is 17.6 Å². The van der Waals surface area contributed by atoms with Gasteiger partial charge in [0.05, 0.1) is 20.4 Å². The van der Waals surface area contributed by atoms with Crippen LogP contribution in [0.15, 0.2) is 93.5 Å². The van der Waals surface area contributed by atoms with Crippen molar-refractivity contribution >= 4 is 38.2 Å². The number of hydrogen-bond acceptors (Lipinski definition) is 4. The zero-order valence-corrected chi connectivity index (χ0v) is 22.5. The molecule has 3 aromatic carbocycles. The van der Waals surface area contributed by atoms with E-state index in [0.717, 1.165) is 36.5 Å². The molecule has 2 aromatic heterocycles. The number of alkyl halides is 6. The summed E-state index contributed by atoms with van der Waals surface area (Å²) in [6.07, 6.45) is -11.9. The summed E-state index contributed by atoms with van der Waals surface area (Å²) in [5.74, 6) is 0.227. The predicted molar refractivity (Wildman–Crippen MR) is 144 cm³/mol. The van der Waals surface area contributed by atoms with E-state index in [2.05, 4.69) is 20.9 Å². The fourth-order valence-electron chi connectivity index (χ4n) is 4.36. The topological polar surface area (TPSA) is 55.1 Å². The molecule has 0 aliphatic rings. The first kappa shape index (κ1) is 28.1. The Morgan fingerprint density at radius 2 is 1.50 bits per heavy atom. The molecule has 0 saturated carbocycles. The number of aromatic nitrogens is 2. The largest absolute Gasteiger partial charge is 0.430 e. The van der Waals surface area contributed by atoms with Crippen molar-refractivity contribution in [3.63, 3.8) is 0 Å². The predicted octanol–water partition coefficient (Wildman–Crippen LogP) is 7.78. The van der Waals surface area contributed by atoms with Crippen LogP contribution in [0, 0.1) is 0 Å². The molecule has 0 spiro atoms. The van der Waals surface area contributed by atoms with Crippen LogP contribution in [0.3, 0.4) is 0 Å². The van der Waals surface area contributed by atoms with Crippen LogP contribution in [-0.2, 0) is 12.0 Å². The minimum absolute atomic E-state index is 0.00921. The van der Waals surface area contributed by atoms with Crippen molar-refractivity contribution in [2.45, 2.75) is 24.4 Å². The molecule has 0 aliphatic heterocycles. The first-order chi connectivity index (χ1) is 18.8. The summed E-state index contributed by atoms with van der Waals surface area (Å²) >= 11 is 4.85. The number of hydrogen-bond donors (Lipinski definition) is 1. The van der Waals surface area contributed by atoms with Crippen LogP contribution in [-0.4, -0.2) is 27.0 Å². The minimum atomic E-state index is -6.03. The molecule has 40 heavy (non-hydrogen) atoms. The summed E-state index contributed by atoms with van der Waals surface area (Å²) in [7, 11) is 0. The Kier molecular flexibility index (Phi) is 7.13. The van der Waals surface area contributed by atoms with Gasteiger partial charge < -0.3 is 5.11 Å². The third-order valence-corrected chi connectivity index (χ3v) is 8.04. The molecular formula is C28H17BrF6N2O2S. The van der Waals surface area contributed by atoms with Crippen LogP contribution >= 0.6 is 27.3 Å². The monoisotopic (exact) mass is 638 g/mol. The number of benzene rings is 3. The number of fused-ring (bicyclic) bond motifs is 1. The summed E-state index contributed by atoms with van der Waals surface area (Å²) in [6, 6.07) is 20.7. The van der Waals surface area contributed by atoms with E-state index in [-0.39, 0.29) is 23.3 Å². The maximum Gasteiger partial charge on any atom is 0.430 e. The van der Waals surface area contributed by atoms with Crippen molar-refractivity contribution in [1.82, 2.24) is 9.55 Å². The van der Waals surface area contributed by atoms with Gasteiger partial charge in [0.25, 0.3) is 11.2 Å². The van der Waals surface area contributed by atoms with Gasteiger partial charge in [-0.2, -0.15) is 26.3 Å². The molecule has 0 bridgehead atoms. The van der Waals surface area contributed by atoms with Crippen LogP contribution < -0.4 is 5.56 Å². The van der Waals surface area contributed by atoms with Crippen molar-refractivity contribution in [2.24, 2.45) is 0 Å². The van der Waals surface area contributed by atoms with Crippen molar-refractivity contribution in [2.75, 3.05) is 0 Å². The first-order valence-electron chi connectivity index (χ1n) is 11.6. The Balaban J connectivity index is 1.70. The minimum Gasteiger partial charge on any atom is -0.369 e. The third-order valence-electron chi connectivity index (χ3n) is 6.36. The van der Waals surface area contributed by atoms with Gasteiger partial charge in [0.1, 0.15) is 5.82 Å². The highest BCUT2D eigenvalue weighted by Crippen LogP contribution is 2.50. The van der Waals surface area contributed by atoms with Gasteiger partial charge >= 0.3 is 12.4 Å². The lowest BCUT2D eigenvalue weighted by Crippen LogP contribution is -2.53. The maximum atomic E-state index is 13.8. The second-order valence-electron chi connectivity index (χ2n) is 8.92. The van der Waals surface area contributed by atoms with Gasteiger partial charge in [0.15, 0.2) is 0 Å². The second kappa shape index (κ2) is 10.2. The van der Waals surface area contributed by atoms with Crippen LogP contribution in [0.2, 0.25) is 0 Å². The molecule has 0 unspecified atom stereocenters. The van der Waals surface area contributed by atoms with Crippen LogP contribution in [0.5, 0.6) is 0 Å². The van der Waals surface area contributed by atoms with Crippen LogP contribution in [0.25, 0.3) is 27.0 Å². The number of aliphatic hydroxyl groups is 1. The maximum absolute atomic E-state index is 13.8. The SMILES string of the molecule is O=c1c2cc(-c3ccc(Br)s3)ccc2nc(Cc2ccccc2)n1-c1ccc(C(O)(C(F)(F)F)C(F)(F)F)cc1. The van der Waals surface area contributed by atoms with E-state index in [4.69, 9.17) is 0 Å². The summed E-state index contributed by atoms with van der Waals surface area (Å²) in [5.41, 5.74) is -5.17. The Morgan fingerprint density at radius 3 is 2.08 bits per heavy atom. The lowest BCUT2D eigenvalue weighted by atomic mass is 9.92. The molecular weight excluding hydrogens is 622 g/mol. The van der Waals surface area contributed by atoms with Gasteiger partial charge in [-0.25, -0.2) is 4.98 Å². The molecule has 4 nitrogen and oxygen atoms in total. The van der Waals surface area contributed by atoms with Crippen molar-refractivity contribution < 1.29 is 31.4 Å². The lowest BCUT2D eigenvalue weighted by Gasteiger charge is -2.32. The number of rotatable bonds is 5. The second-order valence-corrected chi connectivity index (χ2v) is 11.4. The average molecular weight is 639 g/mol. The van der Waals surface area contributed by atoms with Gasteiger partial charge in [-0.15, -0.1) is 11.3 Å². The fraction of sp³-hybridized carbons (Fsp3) is 0.143. The molecule has 0 aliphatic carbocycles. The third kappa shape index (κ3) is 4.95. The van der Waals surface area contributed by atoms with Gasteiger partial charge in [0, 0.05) is 16.9 Å². The zero-order valence-electron chi connectivity index (χ0n) is 20.1. The summed E-state index contributed by atoms with van der Waals surface area (Å²) in [4.78, 5) is 19.4. The highest BCUT2D eigenvalue weighted by Gasteiger charge is 2.71. The van der Waals surface area contributed by atoms with Crippen molar-refractivity contribution in [3.05, 3.63) is 116 Å². The zero-order chi connectivity index (χ0) is 28.9. The summed E-state index contributed by atoms with van der Waals surface area (Å²) in [5, 5.41) is 9.98. The quantitative estimate of drug-likeness (QED) is 0.200. The van der Waals surface area contributed by atoms with Gasteiger partial charge in [0.2, 0.25) is 0 Å². The van der Waals surface area contributed by atoms with Crippen LogP contribution in [0.1, 0.15) is 17.0 Å². The molecule has 5 rings (SSSR count). The normalized spacial score (nSPS) is 12.7. The Bertz CT molecular complexity index is 1730. The molecule has 5 aromatic rings. The molecule has 0 fully saturated rings.